The van der Waals surface area contributed by atoms with E-state index in [4.69, 9.17) is 20.6 Å². The average Bonchev–Trinajstić information content (AvgIpc) is 2.10. The van der Waals surface area contributed by atoms with Crippen LogP contribution in [0.25, 0.3) is 10.9 Å². The Morgan fingerprint density at radius 2 is 1.78 bits per heavy atom. The molecule has 10 atom stereocenters. The van der Waals surface area contributed by atoms with Crippen molar-refractivity contribution in [2.45, 2.75) is 131 Å². The van der Waals surface area contributed by atoms with Crippen molar-refractivity contribution in [3.05, 3.63) is 70.9 Å². The van der Waals surface area contributed by atoms with Crippen molar-refractivity contribution in [1.29, 1.82) is 0 Å². The van der Waals surface area contributed by atoms with Crippen LogP contribution in [0, 0.1) is 17.8 Å². The average molecular weight is 1130 g/mol. The molecule has 2 fully saturated rings. The number of aromatic nitrogens is 1. The Balaban J connectivity index is 1.22. The van der Waals surface area contributed by atoms with Crippen molar-refractivity contribution >= 4 is 73.9 Å². The minimum Gasteiger partial charge on any atom is -0.496 e. The molecule has 3 aromatic rings. The van der Waals surface area contributed by atoms with Gasteiger partial charge in [0, 0.05) is 89.2 Å². The van der Waals surface area contributed by atoms with E-state index in [9.17, 15) is 39.6 Å². The number of aliphatic carboxylic acids is 1. The predicted octanol–water partition coefficient (Wildman–Crippen LogP) is 3.17. The minimum atomic E-state index is -2.62. The molecule has 23 heteroatoms. The number of carboxylic acids is 1. The molecule has 4 aliphatic rings. The summed E-state index contributed by atoms with van der Waals surface area (Å²) in [5.41, 5.74) is 1.27. The van der Waals surface area contributed by atoms with Gasteiger partial charge in [0.25, 0.3) is 5.91 Å². The van der Waals surface area contributed by atoms with E-state index in [0.29, 0.717) is 80.9 Å². The molecular formula is C56H76N8O13S2. The van der Waals surface area contributed by atoms with Crippen molar-refractivity contribution in [2.75, 3.05) is 71.0 Å². The van der Waals surface area contributed by atoms with Gasteiger partial charge in [-0.2, -0.15) is 0 Å². The van der Waals surface area contributed by atoms with E-state index in [1.165, 1.54) is 21.1 Å². The highest BCUT2D eigenvalue weighted by molar-refractivity contribution is 8.76. The molecule has 10 N–H and O–H groups in total. The van der Waals surface area contributed by atoms with Crippen LogP contribution in [-0.2, 0) is 50.7 Å². The van der Waals surface area contributed by atoms with Gasteiger partial charge in [0.05, 0.1) is 25.9 Å². The summed E-state index contributed by atoms with van der Waals surface area (Å²) in [5.74, 6) is -1.52. The summed E-state index contributed by atoms with van der Waals surface area (Å²) in [6, 6.07) is 7.63. The van der Waals surface area contributed by atoms with Gasteiger partial charge in [0.1, 0.15) is 36.0 Å². The number of hydrazine groups is 1. The highest BCUT2D eigenvalue weighted by Crippen LogP contribution is 2.67. The maximum atomic E-state index is 15.4. The van der Waals surface area contributed by atoms with Gasteiger partial charge in [-0.15, -0.1) is 12.3 Å². The van der Waals surface area contributed by atoms with E-state index in [-0.39, 0.29) is 31.0 Å². The lowest BCUT2D eigenvalue weighted by Gasteiger charge is -2.63. The Bertz CT molecular complexity index is 2860. The number of carboxylic acid groups (broad SMARTS) is 1. The van der Waals surface area contributed by atoms with Crippen molar-refractivity contribution in [3.63, 3.8) is 0 Å². The number of hydrogen-bond acceptors (Lipinski definition) is 17. The van der Waals surface area contributed by atoms with Crippen LogP contribution in [0.4, 0.5) is 10.5 Å². The molecule has 430 valence electrons. The number of likely N-dealkylation sites (N-methyl/N-ethyl adjacent to an activating group) is 2. The molecule has 0 radical (unpaired) electrons. The zero-order valence-corrected chi connectivity index (χ0v) is 47.8. The van der Waals surface area contributed by atoms with Crippen LogP contribution in [0.15, 0.2) is 48.6 Å². The van der Waals surface area contributed by atoms with Crippen molar-refractivity contribution in [1.82, 2.24) is 36.7 Å². The Labute approximate surface area is 468 Å². The third-order valence-electron chi connectivity index (χ3n) is 16.9. The molecule has 1 spiro atoms. The Kier molecular flexibility index (Phi) is 19.0. The summed E-state index contributed by atoms with van der Waals surface area (Å²) in [7, 11) is 8.75. The van der Waals surface area contributed by atoms with Crippen LogP contribution in [0.3, 0.4) is 0 Å². The molecule has 4 heterocycles. The molecule has 1 aliphatic carbocycles. The number of carbonyl (C=O) groups is 6. The smallest absolute Gasteiger partial charge is 0.426 e. The van der Waals surface area contributed by atoms with Crippen LogP contribution >= 0.6 is 21.6 Å². The summed E-state index contributed by atoms with van der Waals surface area (Å²) < 4.78 is 17.6. The number of aliphatic hydroxyl groups excluding tert-OH is 1. The largest absolute Gasteiger partial charge is 0.496 e. The number of nitrogens with zero attached hydrogens (tertiary/aromatic N) is 2. The van der Waals surface area contributed by atoms with Crippen LogP contribution < -0.4 is 36.4 Å². The van der Waals surface area contributed by atoms with Crippen LogP contribution in [-0.4, -0.2) is 174 Å². The molecule has 0 unspecified atom stereocenters. The van der Waals surface area contributed by atoms with Crippen LogP contribution in [0.5, 0.6) is 5.75 Å². The SMILES string of the molecule is C#CC[C@H](NC(C)=O)C(=O)N[C@H](CSSCCOC(=O)NNC(=O)[C@@]1(O)[C@H](O)[C@]2(CC)C=CCN3CC[C@@]4(c5cc([C@](CCC[C@@](C)(O)CC)(C(=O)OC)c6[nH]c7ccccc7c6CCNC)c(OC)cc5N(C)[C@@H]14)[C@@H]32)C(=O)O. The number of terminal acetylenes is 1. The number of nitrogens with one attached hydrogen (secondary N) is 6. The molecule has 4 amide bonds. The topological polar surface area (TPSA) is 293 Å². The number of H-pyrrole nitrogens is 1. The molecule has 3 aliphatic heterocycles. The van der Waals surface area contributed by atoms with Gasteiger partial charge in [-0.25, -0.2) is 15.0 Å². The van der Waals surface area contributed by atoms with Gasteiger partial charge in [-0.1, -0.05) is 65.8 Å². The molecule has 2 aromatic carbocycles. The van der Waals surface area contributed by atoms with Crippen molar-refractivity contribution in [2.24, 2.45) is 5.41 Å². The summed E-state index contributed by atoms with van der Waals surface area (Å²) in [6.45, 7) is 8.28. The molecule has 1 aromatic heterocycles. The second-order valence-corrected chi connectivity index (χ2v) is 23.9. The number of ether oxygens (including phenoxy) is 3. The Morgan fingerprint density at radius 3 is 2.44 bits per heavy atom. The number of aromatic amines is 1. The first-order chi connectivity index (χ1) is 37.6. The summed E-state index contributed by atoms with van der Waals surface area (Å²) in [6.07, 6.45) is 8.96. The van der Waals surface area contributed by atoms with E-state index in [1.54, 1.807) is 18.9 Å². The quantitative estimate of drug-likeness (QED) is 0.0146. The van der Waals surface area contributed by atoms with E-state index in [0.717, 1.165) is 43.6 Å². The number of anilines is 1. The first-order valence-electron chi connectivity index (χ1n) is 26.7. The van der Waals surface area contributed by atoms with E-state index in [2.05, 4.69) is 42.6 Å². The number of rotatable bonds is 25. The molecule has 0 bridgehead atoms. The second kappa shape index (κ2) is 24.8. The Hall–Kier alpha value is -6.00. The number of para-hydroxylation sites is 1. The zero-order valence-electron chi connectivity index (χ0n) is 46.2. The first-order valence-corrected chi connectivity index (χ1v) is 29.2. The number of methoxy groups -OCH3 is 2. The standard InChI is InChI=1S/C56H76N8O13S2/c1-10-17-39(58-33(4)65)44(66)60-40(45(67)68)32-79-78-29-28-77-51(72)62-61-49(70)56(74)47-55(24-27-64-26-16-22-53(12-3,46(55)64)48(56)69)36-30-37(42(75-8)31-41(36)63(47)7)54(50(71)76-9,23-15-21-52(5,73)11-2)43-35(20-25-57-6)34-18-13-14-19-38(34)59-43/h1,13-14,16,18-19,22,30-31,39-40,46-48,57,59,69,73-74H,11-12,15,17,20-21,23-29,32H2,2-9H3,(H,58,65)(H,60,66)(H,61,70)(H,62,72)(H,67,68)/t39-,40+,46-,47+,48+,52-,53+,54-,55+,56-/m0/s1. The number of carbonyl (C=O) groups excluding carboxylic acids is 5. The fourth-order valence-electron chi connectivity index (χ4n) is 13.1. The Morgan fingerprint density at radius 1 is 1.04 bits per heavy atom. The number of fused-ring (bicyclic) bond motifs is 2. The van der Waals surface area contributed by atoms with Gasteiger partial charge in [0.2, 0.25) is 11.8 Å². The molecular weight excluding hydrogens is 1060 g/mol. The lowest BCUT2D eigenvalue weighted by atomic mass is 9.47. The number of esters is 1. The zero-order chi connectivity index (χ0) is 57.7. The monoisotopic (exact) mass is 1130 g/mol. The highest BCUT2D eigenvalue weighted by Gasteiger charge is 2.79. The molecule has 1 saturated carbocycles. The molecule has 7 rings (SSSR count). The maximum Gasteiger partial charge on any atom is 0.426 e. The van der Waals surface area contributed by atoms with Crippen molar-refractivity contribution < 1.29 is 63.4 Å². The lowest BCUT2D eigenvalue weighted by molar-refractivity contribution is -0.204. The molecule has 1 saturated heterocycles. The van der Waals surface area contributed by atoms with Gasteiger partial charge >= 0.3 is 18.0 Å². The maximum absolute atomic E-state index is 15.4. The molecule has 79 heavy (non-hydrogen) atoms. The summed E-state index contributed by atoms with van der Waals surface area (Å²) in [5, 5.41) is 56.4. The van der Waals surface area contributed by atoms with Gasteiger partial charge in [-0.3, -0.25) is 29.5 Å². The summed E-state index contributed by atoms with van der Waals surface area (Å²) in [4.78, 5) is 87.5. The van der Waals surface area contributed by atoms with Crippen molar-refractivity contribution in [3.8, 4) is 18.1 Å². The fraction of sp³-hybridized carbons (Fsp3) is 0.571. The number of aliphatic hydroxyl groups is 3. The molecule has 21 nitrogen and oxygen atoms in total. The van der Waals surface area contributed by atoms with E-state index in [1.807, 2.05) is 69.4 Å². The number of amides is 4. The van der Waals surface area contributed by atoms with E-state index >= 15 is 9.59 Å². The number of hydrogen-bond donors (Lipinski definition) is 10. The predicted molar refractivity (Wildman–Crippen MR) is 301 cm³/mol. The van der Waals surface area contributed by atoms with Gasteiger partial charge in [0.15, 0.2) is 5.60 Å². The van der Waals surface area contributed by atoms with Gasteiger partial charge in [-0.05, 0) is 95.3 Å². The third-order valence-corrected chi connectivity index (χ3v) is 19.2. The van der Waals surface area contributed by atoms with E-state index < -0.39 is 93.5 Å². The second-order valence-electron chi connectivity index (χ2n) is 21.2. The first kappa shape index (κ1) is 60.6. The third kappa shape index (κ3) is 11.0. The number of benzene rings is 2. The fourth-order valence-corrected chi connectivity index (χ4v) is 15.1. The van der Waals surface area contributed by atoms with Crippen LogP contribution in [0.2, 0.25) is 0 Å². The van der Waals surface area contributed by atoms with Gasteiger partial charge < -0.3 is 60.5 Å². The minimum absolute atomic E-state index is 0.0861. The normalized spacial score (nSPS) is 25.0. The summed E-state index contributed by atoms with van der Waals surface area (Å²) >= 11 is 0. The lowest BCUT2D eigenvalue weighted by Crippen LogP contribution is -2.82. The van der Waals surface area contributed by atoms with Crippen LogP contribution in [0.1, 0.15) is 95.0 Å². The highest BCUT2D eigenvalue weighted by atomic mass is 33.1.